The number of rotatable bonds is 5. The van der Waals surface area contributed by atoms with E-state index in [9.17, 15) is 9.59 Å². The molecule has 1 amide bonds. The van der Waals surface area contributed by atoms with Gasteiger partial charge in [-0.1, -0.05) is 36.7 Å². The summed E-state index contributed by atoms with van der Waals surface area (Å²) in [6, 6.07) is 6.73. The summed E-state index contributed by atoms with van der Waals surface area (Å²) < 4.78 is 6.21. The largest absolute Gasteiger partial charge is 0.464 e. The molecule has 1 saturated heterocycles. The fourth-order valence-corrected chi connectivity index (χ4v) is 4.25. The standard InChI is InChI=1S/C17H22BrNO3S/c1-4-9-22-17(21)14-10-23-16(11(2)3)19(14)15(20)12-5-7-13(18)8-6-12/h5-8,11,14,16H,4,9-10H2,1-3H3/t14-,16+/m0/s1. The van der Waals surface area contributed by atoms with Gasteiger partial charge in [0.25, 0.3) is 5.91 Å². The van der Waals surface area contributed by atoms with Crippen molar-refractivity contribution in [2.24, 2.45) is 5.92 Å². The Morgan fingerprint density at radius 2 is 2.00 bits per heavy atom. The van der Waals surface area contributed by atoms with Gasteiger partial charge in [-0.25, -0.2) is 4.79 Å². The molecule has 0 aliphatic carbocycles. The van der Waals surface area contributed by atoms with Gasteiger partial charge < -0.3 is 9.64 Å². The number of carbonyl (C=O) groups is 2. The maximum Gasteiger partial charge on any atom is 0.329 e. The molecule has 6 heteroatoms. The second kappa shape index (κ2) is 8.20. The van der Waals surface area contributed by atoms with E-state index in [2.05, 4.69) is 29.8 Å². The van der Waals surface area contributed by atoms with Crippen molar-refractivity contribution in [3.8, 4) is 0 Å². The summed E-state index contributed by atoms with van der Waals surface area (Å²) in [5.41, 5.74) is 0.592. The highest BCUT2D eigenvalue weighted by Crippen LogP contribution is 2.35. The maximum absolute atomic E-state index is 13.0. The molecule has 126 valence electrons. The summed E-state index contributed by atoms with van der Waals surface area (Å²) >= 11 is 5.02. The van der Waals surface area contributed by atoms with Gasteiger partial charge in [0.2, 0.25) is 0 Å². The molecule has 1 aliphatic heterocycles. The van der Waals surface area contributed by atoms with Crippen LogP contribution in [0.1, 0.15) is 37.6 Å². The Hall–Kier alpha value is -1.01. The average Bonchev–Trinajstić information content (AvgIpc) is 2.97. The van der Waals surface area contributed by atoms with Crippen LogP contribution in [0.25, 0.3) is 0 Å². The lowest BCUT2D eigenvalue weighted by Gasteiger charge is -2.30. The third kappa shape index (κ3) is 4.29. The van der Waals surface area contributed by atoms with Crippen LogP contribution in [-0.4, -0.2) is 40.6 Å². The summed E-state index contributed by atoms with van der Waals surface area (Å²) in [4.78, 5) is 27.0. The molecule has 2 rings (SSSR count). The zero-order valence-corrected chi connectivity index (χ0v) is 16.0. The van der Waals surface area contributed by atoms with E-state index in [1.807, 2.05) is 19.1 Å². The van der Waals surface area contributed by atoms with E-state index in [4.69, 9.17) is 4.74 Å². The predicted octanol–water partition coefficient (Wildman–Crippen LogP) is 3.94. The van der Waals surface area contributed by atoms with Gasteiger partial charge in [-0.2, -0.15) is 0 Å². The molecule has 0 aromatic heterocycles. The van der Waals surface area contributed by atoms with Gasteiger partial charge in [-0.05, 0) is 36.6 Å². The van der Waals surface area contributed by atoms with Gasteiger partial charge in [0.15, 0.2) is 0 Å². The molecule has 23 heavy (non-hydrogen) atoms. The van der Waals surface area contributed by atoms with Crippen molar-refractivity contribution in [3.05, 3.63) is 34.3 Å². The van der Waals surface area contributed by atoms with Gasteiger partial charge in [-0.15, -0.1) is 11.8 Å². The first-order valence-corrected chi connectivity index (χ1v) is 9.66. The fraction of sp³-hybridized carbons (Fsp3) is 0.529. The minimum absolute atomic E-state index is 0.00896. The number of benzene rings is 1. The molecule has 0 bridgehead atoms. The lowest BCUT2D eigenvalue weighted by atomic mass is 10.1. The quantitative estimate of drug-likeness (QED) is 0.703. The van der Waals surface area contributed by atoms with E-state index in [1.54, 1.807) is 28.8 Å². The number of thioether (sulfide) groups is 1. The molecular weight excluding hydrogens is 378 g/mol. The van der Waals surface area contributed by atoms with Crippen LogP contribution in [0.2, 0.25) is 0 Å². The lowest BCUT2D eigenvalue weighted by molar-refractivity contribution is -0.148. The Balaban J connectivity index is 2.25. The minimum Gasteiger partial charge on any atom is -0.464 e. The SMILES string of the molecule is CCCOC(=O)[C@@H]1CS[C@H](C(C)C)N1C(=O)c1ccc(Br)cc1. The van der Waals surface area contributed by atoms with Crippen LogP contribution in [0.3, 0.4) is 0 Å². The normalized spacial score (nSPS) is 20.8. The van der Waals surface area contributed by atoms with Crippen molar-refractivity contribution in [2.45, 2.75) is 38.6 Å². The van der Waals surface area contributed by atoms with Crippen molar-refractivity contribution in [3.63, 3.8) is 0 Å². The highest BCUT2D eigenvalue weighted by molar-refractivity contribution is 9.10. The molecule has 1 fully saturated rings. The van der Waals surface area contributed by atoms with Crippen molar-refractivity contribution < 1.29 is 14.3 Å². The second-order valence-corrected chi connectivity index (χ2v) is 7.94. The molecule has 2 atom stereocenters. The van der Waals surface area contributed by atoms with E-state index in [1.165, 1.54) is 0 Å². The van der Waals surface area contributed by atoms with Crippen LogP contribution >= 0.6 is 27.7 Å². The molecule has 0 saturated carbocycles. The predicted molar refractivity (Wildman–Crippen MR) is 96.4 cm³/mol. The molecule has 1 aromatic rings. The molecule has 1 aromatic carbocycles. The third-order valence-electron chi connectivity index (χ3n) is 3.65. The molecule has 0 N–H and O–H groups in total. The van der Waals surface area contributed by atoms with Crippen molar-refractivity contribution in [1.82, 2.24) is 4.90 Å². The molecular formula is C17H22BrNO3S. The van der Waals surface area contributed by atoms with Crippen molar-refractivity contribution in [1.29, 1.82) is 0 Å². The number of halogens is 1. The molecule has 1 aliphatic rings. The van der Waals surface area contributed by atoms with Crippen LogP contribution in [0.4, 0.5) is 0 Å². The topological polar surface area (TPSA) is 46.6 Å². The Bertz CT molecular complexity index is 561. The van der Waals surface area contributed by atoms with Gasteiger partial charge in [0.05, 0.1) is 12.0 Å². The van der Waals surface area contributed by atoms with E-state index in [-0.39, 0.29) is 23.2 Å². The van der Waals surface area contributed by atoms with E-state index in [0.29, 0.717) is 17.9 Å². The monoisotopic (exact) mass is 399 g/mol. The number of ether oxygens (including phenoxy) is 1. The first kappa shape index (κ1) is 18.3. The first-order valence-electron chi connectivity index (χ1n) is 7.82. The van der Waals surface area contributed by atoms with Gasteiger partial charge in [-0.3, -0.25) is 4.79 Å². The van der Waals surface area contributed by atoms with Gasteiger partial charge in [0, 0.05) is 15.8 Å². The van der Waals surface area contributed by atoms with Crippen LogP contribution in [0.15, 0.2) is 28.7 Å². The van der Waals surface area contributed by atoms with Crippen LogP contribution in [0, 0.1) is 5.92 Å². The zero-order chi connectivity index (χ0) is 17.0. The van der Waals surface area contributed by atoms with Crippen LogP contribution in [0.5, 0.6) is 0 Å². The highest BCUT2D eigenvalue weighted by Gasteiger charge is 2.43. The van der Waals surface area contributed by atoms with E-state index < -0.39 is 6.04 Å². The van der Waals surface area contributed by atoms with Gasteiger partial charge >= 0.3 is 5.97 Å². The number of hydrogen-bond acceptors (Lipinski definition) is 4. The first-order chi connectivity index (χ1) is 11.0. The molecule has 0 radical (unpaired) electrons. The molecule has 1 heterocycles. The summed E-state index contributed by atoms with van der Waals surface area (Å²) in [6.45, 7) is 6.49. The molecule has 0 unspecified atom stereocenters. The van der Waals surface area contributed by atoms with Gasteiger partial charge in [0.1, 0.15) is 6.04 Å². The number of amides is 1. The van der Waals surface area contributed by atoms with Crippen LogP contribution in [-0.2, 0) is 9.53 Å². The summed E-state index contributed by atoms with van der Waals surface area (Å²) in [5.74, 6) is 0.448. The smallest absolute Gasteiger partial charge is 0.329 e. The van der Waals surface area contributed by atoms with E-state index >= 15 is 0 Å². The number of hydrogen-bond donors (Lipinski definition) is 0. The Kier molecular flexibility index (Phi) is 6.53. The van der Waals surface area contributed by atoms with Crippen molar-refractivity contribution in [2.75, 3.05) is 12.4 Å². The summed E-state index contributed by atoms with van der Waals surface area (Å²) in [5, 5.41) is -0.00896. The number of carbonyl (C=O) groups excluding carboxylic acids is 2. The van der Waals surface area contributed by atoms with E-state index in [0.717, 1.165) is 10.9 Å². The number of esters is 1. The third-order valence-corrected chi connectivity index (χ3v) is 5.80. The second-order valence-electron chi connectivity index (χ2n) is 5.87. The molecule has 4 nitrogen and oxygen atoms in total. The molecule has 0 spiro atoms. The lowest BCUT2D eigenvalue weighted by Crippen LogP contribution is -2.47. The highest BCUT2D eigenvalue weighted by atomic mass is 79.9. The Morgan fingerprint density at radius 1 is 1.35 bits per heavy atom. The summed E-state index contributed by atoms with van der Waals surface area (Å²) in [7, 11) is 0. The Labute approximate surface area is 150 Å². The Morgan fingerprint density at radius 3 is 2.57 bits per heavy atom. The zero-order valence-electron chi connectivity index (χ0n) is 13.6. The van der Waals surface area contributed by atoms with Crippen LogP contribution < -0.4 is 0 Å². The summed E-state index contributed by atoms with van der Waals surface area (Å²) in [6.07, 6.45) is 0.778. The maximum atomic E-state index is 13.0. The van der Waals surface area contributed by atoms with Crippen molar-refractivity contribution >= 4 is 39.6 Å². The number of nitrogens with zero attached hydrogens (tertiary/aromatic N) is 1. The minimum atomic E-state index is -0.505. The average molecular weight is 400 g/mol. The fourth-order valence-electron chi connectivity index (χ4n) is 2.52.